The molecule has 3 nitrogen and oxygen atoms in total. The van der Waals surface area contributed by atoms with Gasteiger partial charge in [-0.15, -0.1) is 0 Å². The fourth-order valence-corrected chi connectivity index (χ4v) is 2.41. The minimum absolute atomic E-state index is 0.0628. The summed E-state index contributed by atoms with van der Waals surface area (Å²) in [5.74, 6) is -0.0764. The summed E-state index contributed by atoms with van der Waals surface area (Å²) in [5.41, 5.74) is 2.73. The minimum Gasteiger partial charge on any atom is -0.396 e. The summed E-state index contributed by atoms with van der Waals surface area (Å²) in [7, 11) is 0. The molecule has 108 valence electrons. The number of nitrogens with one attached hydrogen (secondary N) is 1. The third-order valence-corrected chi connectivity index (χ3v) is 4.15. The van der Waals surface area contributed by atoms with E-state index in [1.807, 2.05) is 54.6 Å². The summed E-state index contributed by atoms with van der Waals surface area (Å²) in [6, 6.07) is 17.6. The van der Waals surface area contributed by atoms with Gasteiger partial charge < -0.3 is 10.4 Å². The Labute approximate surface area is 124 Å². The minimum atomic E-state index is -0.0764. The smallest absolute Gasteiger partial charge is 0.251 e. The van der Waals surface area contributed by atoms with E-state index in [0.29, 0.717) is 12.1 Å². The van der Waals surface area contributed by atoms with Crippen LogP contribution in [0.25, 0.3) is 11.1 Å². The van der Waals surface area contributed by atoms with Crippen molar-refractivity contribution in [3.05, 3.63) is 60.2 Å². The molecule has 0 aromatic heterocycles. The first-order valence-corrected chi connectivity index (χ1v) is 7.27. The second-order valence-electron chi connectivity index (χ2n) is 5.79. The van der Waals surface area contributed by atoms with Crippen molar-refractivity contribution in [3.63, 3.8) is 0 Å². The quantitative estimate of drug-likeness (QED) is 0.885. The van der Waals surface area contributed by atoms with Crippen LogP contribution in [0.15, 0.2) is 54.6 Å². The van der Waals surface area contributed by atoms with Crippen molar-refractivity contribution in [2.75, 3.05) is 13.2 Å². The van der Waals surface area contributed by atoms with Crippen molar-refractivity contribution in [2.45, 2.75) is 12.8 Å². The summed E-state index contributed by atoms with van der Waals surface area (Å²) in [6.45, 7) is 0.704. The van der Waals surface area contributed by atoms with Crippen molar-refractivity contribution >= 4 is 5.91 Å². The SMILES string of the molecule is O=C(NCC1(CO)CC1)c1cccc(-c2ccccc2)c1. The van der Waals surface area contributed by atoms with E-state index in [2.05, 4.69) is 5.32 Å². The predicted molar refractivity (Wildman–Crippen MR) is 83.0 cm³/mol. The van der Waals surface area contributed by atoms with Crippen molar-refractivity contribution < 1.29 is 9.90 Å². The third kappa shape index (κ3) is 3.14. The Morgan fingerprint density at radius 2 is 1.76 bits per heavy atom. The van der Waals surface area contributed by atoms with Crippen molar-refractivity contribution in [2.24, 2.45) is 5.41 Å². The average molecular weight is 281 g/mol. The Morgan fingerprint density at radius 1 is 1.05 bits per heavy atom. The van der Waals surface area contributed by atoms with Crippen LogP contribution in [0.2, 0.25) is 0 Å². The van der Waals surface area contributed by atoms with Crippen LogP contribution in [0.5, 0.6) is 0 Å². The normalized spacial score (nSPS) is 15.5. The number of benzene rings is 2. The maximum absolute atomic E-state index is 12.2. The van der Waals surface area contributed by atoms with Gasteiger partial charge in [0, 0.05) is 17.5 Å². The summed E-state index contributed by atoms with van der Waals surface area (Å²) in [4.78, 5) is 12.2. The number of aliphatic hydroxyl groups is 1. The highest BCUT2D eigenvalue weighted by Crippen LogP contribution is 2.44. The van der Waals surface area contributed by atoms with Gasteiger partial charge in [-0.1, -0.05) is 42.5 Å². The fourth-order valence-electron chi connectivity index (χ4n) is 2.41. The first-order valence-electron chi connectivity index (χ1n) is 7.27. The molecule has 1 aliphatic rings. The Kier molecular flexibility index (Phi) is 3.76. The van der Waals surface area contributed by atoms with E-state index in [1.54, 1.807) is 0 Å². The average Bonchev–Trinajstić information content (AvgIpc) is 3.34. The molecule has 1 amide bonds. The zero-order valence-electron chi connectivity index (χ0n) is 11.9. The lowest BCUT2D eigenvalue weighted by atomic mass is 10.0. The van der Waals surface area contributed by atoms with Crippen molar-refractivity contribution in [3.8, 4) is 11.1 Å². The molecule has 2 aromatic rings. The second kappa shape index (κ2) is 5.70. The first-order chi connectivity index (χ1) is 10.2. The Bertz CT molecular complexity index is 633. The van der Waals surface area contributed by atoms with Crippen LogP contribution in [-0.4, -0.2) is 24.2 Å². The van der Waals surface area contributed by atoms with Gasteiger partial charge in [0.15, 0.2) is 0 Å². The zero-order chi connectivity index (χ0) is 14.7. The molecule has 2 N–H and O–H groups in total. The van der Waals surface area contributed by atoms with E-state index in [-0.39, 0.29) is 17.9 Å². The van der Waals surface area contributed by atoms with Gasteiger partial charge in [-0.2, -0.15) is 0 Å². The molecule has 3 heteroatoms. The van der Waals surface area contributed by atoms with Gasteiger partial charge in [-0.3, -0.25) is 4.79 Å². The summed E-state index contributed by atoms with van der Waals surface area (Å²) < 4.78 is 0. The highest BCUT2D eigenvalue weighted by molar-refractivity contribution is 5.95. The molecule has 21 heavy (non-hydrogen) atoms. The molecular weight excluding hydrogens is 262 g/mol. The van der Waals surface area contributed by atoms with Gasteiger partial charge in [0.25, 0.3) is 5.91 Å². The van der Waals surface area contributed by atoms with E-state index in [9.17, 15) is 9.90 Å². The largest absolute Gasteiger partial charge is 0.396 e. The molecule has 1 aliphatic carbocycles. The Morgan fingerprint density at radius 3 is 2.43 bits per heavy atom. The molecule has 0 bridgehead atoms. The number of hydrogen-bond acceptors (Lipinski definition) is 2. The monoisotopic (exact) mass is 281 g/mol. The molecule has 0 radical (unpaired) electrons. The molecule has 1 fully saturated rings. The van der Waals surface area contributed by atoms with Crippen LogP contribution in [0.3, 0.4) is 0 Å². The number of carbonyl (C=O) groups excluding carboxylic acids is 1. The second-order valence-corrected chi connectivity index (χ2v) is 5.79. The molecule has 0 atom stereocenters. The Balaban J connectivity index is 1.72. The highest BCUT2D eigenvalue weighted by Gasteiger charge is 2.42. The van der Waals surface area contributed by atoms with Crippen LogP contribution < -0.4 is 5.32 Å². The zero-order valence-corrected chi connectivity index (χ0v) is 11.9. The van der Waals surface area contributed by atoms with E-state index >= 15 is 0 Å². The molecular formula is C18H19NO2. The maximum atomic E-state index is 12.2. The summed E-state index contributed by atoms with van der Waals surface area (Å²) in [6.07, 6.45) is 1.99. The lowest BCUT2D eigenvalue weighted by molar-refractivity contribution is 0.0935. The lowest BCUT2D eigenvalue weighted by Gasteiger charge is -2.13. The molecule has 0 spiro atoms. The Hall–Kier alpha value is -2.13. The van der Waals surface area contributed by atoms with Gasteiger partial charge in [0.2, 0.25) is 0 Å². The van der Waals surface area contributed by atoms with Gasteiger partial charge in [-0.25, -0.2) is 0 Å². The molecule has 0 unspecified atom stereocenters. The van der Waals surface area contributed by atoms with Gasteiger partial charge in [0.1, 0.15) is 0 Å². The van der Waals surface area contributed by atoms with E-state index in [4.69, 9.17) is 0 Å². The number of carbonyl (C=O) groups is 1. The number of rotatable bonds is 5. The van der Waals surface area contributed by atoms with E-state index in [1.165, 1.54) is 0 Å². The summed E-state index contributed by atoms with van der Waals surface area (Å²) in [5, 5.41) is 12.2. The number of amides is 1. The first kappa shape index (κ1) is 13.8. The van der Waals surface area contributed by atoms with Crippen molar-refractivity contribution in [1.29, 1.82) is 0 Å². The van der Waals surface area contributed by atoms with Crippen LogP contribution in [0, 0.1) is 5.41 Å². The molecule has 0 aliphatic heterocycles. The van der Waals surface area contributed by atoms with Gasteiger partial charge >= 0.3 is 0 Å². The van der Waals surface area contributed by atoms with Crippen LogP contribution in [-0.2, 0) is 0 Å². The lowest BCUT2D eigenvalue weighted by Crippen LogP contribution is -2.31. The van der Waals surface area contributed by atoms with E-state index in [0.717, 1.165) is 24.0 Å². The van der Waals surface area contributed by atoms with Crippen LogP contribution in [0.1, 0.15) is 23.2 Å². The molecule has 3 rings (SSSR count). The fraction of sp³-hybridized carbons (Fsp3) is 0.278. The van der Waals surface area contributed by atoms with Gasteiger partial charge in [0.05, 0.1) is 6.61 Å². The number of aliphatic hydroxyl groups excluding tert-OH is 1. The van der Waals surface area contributed by atoms with Crippen LogP contribution in [0.4, 0.5) is 0 Å². The standard InChI is InChI=1S/C18H19NO2/c20-13-18(9-10-18)12-19-17(21)16-8-4-7-15(11-16)14-5-2-1-3-6-14/h1-8,11,20H,9-10,12-13H2,(H,19,21). The van der Waals surface area contributed by atoms with Crippen molar-refractivity contribution in [1.82, 2.24) is 5.32 Å². The number of hydrogen-bond donors (Lipinski definition) is 2. The predicted octanol–water partition coefficient (Wildman–Crippen LogP) is 2.86. The highest BCUT2D eigenvalue weighted by atomic mass is 16.3. The topological polar surface area (TPSA) is 49.3 Å². The molecule has 2 aromatic carbocycles. The van der Waals surface area contributed by atoms with Crippen LogP contribution >= 0.6 is 0 Å². The van der Waals surface area contributed by atoms with Gasteiger partial charge in [-0.05, 0) is 36.1 Å². The third-order valence-electron chi connectivity index (χ3n) is 4.15. The molecule has 0 saturated heterocycles. The molecule has 0 heterocycles. The maximum Gasteiger partial charge on any atom is 0.251 e. The summed E-state index contributed by atoms with van der Waals surface area (Å²) >= 11 is 0. The van der Waals surface area contributed by atoms with E-state index < -0.39 is 0 Å². The molecule has 1 saturated carbocycles.